The number of nitriles is 1. The summed E-state index contributed by atoms with van der Waals surface area (Å²) in [6.45, 7) is 0. The molecule has 0 unspecified atom stereocenters. The fourth-order valence-electron chi connectivity index (χ4n) is 0.673. The van der Waals surface area contributed by atoms with Gasteiger partial charge in [0.2, 0.25) is 0 Å². The lowest BCUT2D eigenvalue weighted by atomic mass is 10.2. The molecule has 1 aromatic rings. The zero-order chi connectivity index (χ0) is 7.40. The van der Waals surface area contributed by atoms with Crippen molar-refractivity contribution in [3.8, 4) is 6.07 Å². The molecule has 0 radical (unpaired) electrons. The van der Waals surface area contributed by atoms with E-state index in [1.165, 1.54) is 0 Å². The van der Waals surface area contributed by atoms with E-state index in [4.69, 9.17) is 11.0 Å². The van der Waals surface area contributed by atoms with E-state index in [1.54, 1.807) is 12.5 Å². The minimum atomic E-state index is -0.441. The third kappa shape index (κ3) is 1.57. The second-order valence-electron chi connectivity index (χ2n) is 2.00. The molecule has 52 valence electrons. The normalized spacial score (nSPS) is 12.4. The van der Waals surface area contributed by atoms with Gasteiger partial charge in [0.05, 0.1) is 24.1 Å². The lowest BCUT2D eigenvalue weighted by Crippen LogP contribution is -2.20. The molecule has 10 heavy (non-hydrogen) atoms. The van der Waals surface area contributed by atoms with Crippen LogP contribution < -0.4 is 5.73 Å². The summed E-state index contributed by atoms with van der Waals surface area (Å²) in [7, 11) is 0. The first-order valence-corrected chi connectivity index (χ1v) is 2.96. The van der Waals surface area contributed by atoms with E-state index >= 15 is 0 Å². The Kier molecular flexibility index (Phi) is 2.03. The number of hydrogen-bond donors (Lipinski definition) is 2. The van der Waals surface area contributed by atoms with Crippen molar-refractivity contribution in [1.82, 2.24) is 9.97 Å². The van der Waals surface area contributed by atoms with Gasteiger partial charge in [0.15, 0.2) is 0 Å². The number of hydrogen-bond acceptors (Lipinski definition) is 3. The number of aromatic amines is 1. The Hall–Kier alpha value is -1.34. The summed E-state index contributed by atoms with van der Waals surface area (Å²) in [4.78, 5) is 6.70. The average molecular weight is 136 g/mol. The van der Waals surface area contributed by atoms with Gasteiger partial charge in [0.1, 0.15) is 0 Å². The number of nitrogens with zero attached hydrogens (tertiary/aromatic N) is 2. The highest BCUT2D eigenvalue weighted by atomic mass is 14.9. The lowest BCUT2D eigenvalue weighted by molar-refractivity contribution is 0.805. The maximum absolute atomic E-state index is 8.32. The number of nitrogens with two attached hydrogens (primary N) is 1. The highest BCUT2D eigenvalue weighted by Gasteiger charge is 2.01. The first-order valence-electron chi connectivity index (χ1n) is 2.96. The van der Waals surface area contributed by atoms with Crippen molar-refractivity contribution in [2.45, 2.75) is 12.5 Å². The van der Waals surface area contributed by atoms with Gasteiger partial charge in [-0.15, -0.1) is 0 Å². The standard InChI is InChI=1S/C6H8N4/c7-2-5(8)1-6-3-9-4-10-6/h3-5H,1,8H2,(H,9,10)/t5-/m0/s1. The Morgan fingerprint density at radius 1 is 1.90 bits per heavy atom. The molecule has 0 saturated carbocycles. The van der Waals surface area contributed by atoms with Gasteiger partial charge in [-0.25, -0.2) is 4.98 Å². The molecular weight excluding hydrogens is 128 g/mol. The SMILES string of the molecule is N#C[C@@H](N)Cc1c[nH]cn1. The summed E-state index contributed by atoms with van der Waals surface area (Å²) in [5, 5.41) is 8.32. The van der Waals surface area contributed by atoms with Crippen LogP contribution in [0.3, 0.4) is 0 Å². The minimum Gasteiger partial charge on any atom is -0.351 e. The second-order valence-corrected chi connectivity index (χ2v) is 2.00. The summed E-state index contributed by atoms with van der Waals surface area (Å²) in [5.74, 6) is 0. The van der Waals surface area contributed by atoms with Gasteiger partial charge < -0.3 is 10.7 Å². The zero-order valence-corrected chi connectivity index (χ0v) is 5.41. The molecule has 1 aromatic heterocycles. The van der Waals surface area contributed by atoms with Crippen LogP contribution in [0.25, 0.3) is 0 Å². The molecule has 0 bridgehead atoms. The van der Waals surface area contributed by atoms with Crippen molar-refractivity contribution in [2.75, 3.05) is 0 Å². The van der Waals surface area contributed by atoms with Crippen molar-refractivity contribution >= 4 is 0 Å². The Bertz CT molecular complexity index is 220. The van der Waals surface area contributed by atoms with Gasteiger partial charge in [-0.3, -0.25) is 0 Å². The number of aromatic nitrogens is 2. The number of rotatable bonds is 2. The minimum absolute atomic E-state index is 0.441. The highest BCUT2D eigenvalue weighted by molar-refractivity contribution is 5.02. The van der Waals surface area contributed by atoms with Crippen LogP contribution in [0.1, 0.15) is 5.69 Å². The van der Waals surface area contributed by atoms with Crippen molar-refractivity contribution in [1.29, 1.82) is 5.26 Å². The number of imidazole rings is 1. The summed E-state index contributed by atoms with van der Waals surface area (Å²) in [5.41, 5.74) is 6.18. The van der Waals surface area contributed by atoms with Crippen LogP contribution in [0.2, 0.25) is 0 Å². The van der Waals surface area contributed by atoms with Crippen molar-refractivity contribution in [3.05, 3.63) is 18.2 Å². The predicted molar refractivity (Wildman–Crippen MR) is 35.9 cm³/mol. The molecule has 0 aliphatic rings. The highest BCUT2D eigenvalue weighted by Crippen LogP contribution is 1.93. The summed E-state index contributed by atoms with van der Waals surface area (Å²) in [6, 6.07) is 1.49. The lowest BCUT2D eigenvalue weighted by Gasteiger charge is -1.95. The van der Waals surface area contributed by atoms with Crippen LogP contribution in [0.4, 0.5) is 0 Å². The number of nitrogens with one attached hydrogen (secondary N) is 1. The maximum atomic E-state index is 8.32. The topological polar surface area (TPSA) is 78.5 Å². The number of H-pyrrole nitrogens is 1. The van der Waals surface area contributed by atoms with E-state index in [1.807, 2.05) is 6.07 Å². The van der Waals surface area contributed by atoms with E-state index < -0.39 is 6.04 Å². The third-order valence-corrected chi connectivity index (χ3v) is 1.15. The molecule has 0 aliphatic heterocycles. The van der Waals surface area contributed by atoms with Crippen molar-refractivity contribution in [3.63, 3.8) is 0 Å². The molecule has 0 saturated heterocycles. The monoisotopic (exact) mass is 136 g/mol. The van der Waals surface area contributed by atoms with Gasteiger partial charge >= 0.3 is 0 Å². The molecule has 1 heterocycles. The summed E-state index contributed by atoms with van der Waals surface area (Å²) in [6.07, 6.45) is 3.82. The predicted octanol–water partition coefficient (Wildman–Crippen LogP) is -0.197. The van der Waals surface area contributed by atoms with Gasteiger partial charge in [-0.05, 0) is 0 Å². The molecule has 3 N–H and O–H groups in total. The van der Waals surface area contributed by atoms with Crippen LogP contribution in [-0.2, 0) is 6.42 Å². The van der Waals surface area contributed by atoms with Crippen LogP contribution in [0.15, 0.2) is 12.5 Å². The van der Waals surface area contributed by atoms with Gasteiger partial charge in [0, 0.05) is 12.6 Å². The van der Waals surface area contributed by atoms with Crippen LogP contribution >= 0.6 is 0 Å². The van der Waals surface area contributed by atoms with Crippen molar-refractivity contribution < 1.29 is 0 Å². The molecule has 0 aromatic carbocycles. The summed E-state index contributed by atoms with van der Waals surface area (Å²) < 4.78 is 0. The average Bonchev–Trinajstić information content (AvgIpc) is 2.40. The molecule has 0 amide bonds. The molecule has 0 fully saturated rings. The quantitative estimate of drug-likeness (QED) is 0.591. The molecule has 4 nitrogen and oxygen atoms in total. The fourth-order valence-corrected chi connectivity index (χ4v) is 0.673. The van der Waals surface area contributed by atoms with Crippen molar-refractivity contribution in [2.24, 2.45) is 5.73 Å². The molecule has 1 atom stereocenters. The molecular formula is C6H8N4. The molecule has 0 aliphatic carbocycles. The molecule has 1 rings (SSSR count). The summed E-state index contributed by atoms with van der Waals surface area (Å²) >= 11 is 0. The van der Waals surface area contributed by atoms with E-state index in [9.17, 15) is 0 Å². The Morgan fingerprint density at radius 2 is 2.70 bits per heavy atom. The first kappa shape index (κ1) is 6.78. The largest absolute Gasteiger partial charge is 0.351 e. The smallest absolute Gasteiger partial charge is 0.0984 e. The fraction of sp³-hybridized carbons (Fsp3) is 0.333. The molecule has 0 spiro atoms. The van der Waals surface area contributed by atoms with Gasteiger partial charge in [-0.2, -0.15) is 5.26 Å². The zero-order valence-electron chi connectivity index (χ0n) is 5.41. The van der Waals surface area contributed by atoms with Gasteiger partial charge in [-0.1, -0.05) is 0 Å². The van der Waals surface area contributed by atoms with Gasteiger partial charge in [0.25, 0.3) is 0 Å². The van der Waals surface area contributed by atoms with E-state index in [0.29, 0.717) is 6.42 Å². The Balaban J connectivity index is 2.50. The Labute approximate surface area is 58.7 Å². The van der Waals surface area contributed by atoms with E-state index in [0.717, 1.165) is 5.69 Å². The van der Waals surface area contributed by atoms with Crippen LogP contribution in [-0.4, -0.2) is 16.0 Å². The van der Waals surface area contributed by atoms with Crippen LogP contribution in [0, 0.1) is 11.3 Å². The van der Waals surface area contributed by atoms with Crippen LogP contribution in [0.5, 0.6) is 0 Å². The molecule has 4 heteroatoms. The van der Waals surface area contributed by atoms with E-state index in [2.05, 4.69) is 9.97 Å². The van der Waals surface area contributed by atoms with E-state index in [-0.39, 0.29) is 0 Å². The second kappa shape index (κ2) is 2.99. The Morgan fingerprint density at radius 3 is 3.20 bits per heavy atom. The maximum Gasteiger partial charge on any atom is 0.0984 e. The third-order valence-electron chi connectivity index (χ3n) is 1.15. The first-order chi connectivity index (χ1) is 4.83.